The Morgan fingerprint density at radius 1 is 1.13 bits per heavy atom. The molecule has 1 aliphatic rings. The zero-order chi connectivity index (χ0) is 20.7. The summed E-state index contributed by atoms with van der Waals surface area (Å²) in [7, 11) is 0. The van der Waals surface area contributed by atoms with Crippen LogP contribution < -0.4 is 0 Å². The average Bonchev–Trinajstić information content (AvgIpc) is 3.14. The van der Waals surface area contributed by atoms with Gasteiger partial charge in [-0.25, -0.2) is 9.50 Å². The Labute approximate surface area is 183 Å². The van der Waals surface area contributed by atoms with Crippen molar-refractivity contribution in [1.82, 2.24) is 19.6 Å². The first kappa shape index (κ1) is 19.3. The Hall–Kier alpha value is -2.70. The fourth-order valence-electron chi connectivity index (χ4n) is 3.75. The van der Waals surface area contributed by atoms with Crippen molar-refractivity contribution >= 4 is 34.9 Å². The first-order chi connectivity index (χ1) is 14.5. The molecule has 0 saturated heterocycles. The molecule has 1 unspecified atom stereocenters. The Bertz CT molecular complexity index is 1250. The molecular formula is C23H19ClN4OS. The average molecular weight is 435 g/mol. The van der Waals surface area contributed by atoms with E-state index in [-0.39, 0.29) is 11.7 Å². The van der Waals surface area contributed by atoms with Gasteiger partial charge in [0.1, 0.15) is 0 Å². The first-order valence-corrected chi connectivity index (χ1v) is 11.1. The topological polar surface area (TPSA) is 60.1 Å². The molecule has 2 aromatic carbocycles. The van der Waals surface area contributed by atoms with Crippen LogP contribution in [-0.2, 0) is 12.2 Å². The van der Waals surface area contributed by atoms with Crippen LogP contribution in [0.2, 0.25) is 5.02 Å². The van der Waals surface area contributed by atoms with Crippen LogP contribution in [0, 0.1) is 6.92 Å². The second-order valence-electron chi connectivity index (χ2n) is 7.60. The number of hydrogen-bond donors (Lipinski definition) is 0. The highest BCUT2D eigenvalue weighted by molar-refractivity contribution is 7.98. The van der Waals surface area contributed by atoms with Gasteiger partial charge >= 0.3 is 0 Å². The van der Waals surface area contributed by atoms with Crippen LogP contribution in [0.15, 0.2) is 59.9 Å². The predicted octanol–water partition coefficient (Wildman–Crippen LogP) is 5.29. The molecule has 0 amide bonds. The van der Waals surface area contributed by atoms with Crippen molar-refractivity contribution in [3.8, 4) is 0 Å². The van der Waals surface area contributed by atoms with E-state index in [0.717, 1.165) is 17.0 Å². The van der Waals surface area contributed by atoms with Crippen LogP contribution in [0.3, 0.4) is 0 Å². The molecule has 2 heterocycles. The number of aromatic nitrogens is 4. The van der Waals surface area contributed by atoms with Crippen LogP contribution in [0.25, 0.3) is 5.78 Å². The van der Waals surface area contributed by atoms with E-state index in [0.29, 0.717) is 34.4 Å². The number of Topliss-reactive ketones (excluding diaryl/α,β-unsaturated/α-hetero) is 1. The number of thioether (sulfide) groups is 1. The van der Waals surface area contributed by atoms with Crippen molar-refractivity contribution in [3.63, 3.8) is 0 Å². The number of benzene rings is 2. The van der Waals surface area contributed by atoms with Crippen molar-refractivity contribution in [2.24, 2.45) is 0 Å². The normalized spacial score (nSPS) is 16.1. The zero-order valence-electron chi connectivity index (χ0n) is 16.4. The summed E-state index contributed by atoms with van der Waals surface area (Å²) >= 11 is 7.70. The number of rotatable bonds is 4. The second kappa shape index (κ2) is 7.85. The van der Waals surface area contributed by atoms with Crippen molar-refractivity contribution in [1.29, 1.82) is 0 Å². The molecule has 5 nitrogen and oxygen atoms in total. The predicted molar refractivity (Wildman–Crippen MR) is 118 cm³/mol. The van der Waals surface area contributed by atoms with E-state index in [2.05, 4.69) is 46.3 Å². The summed E-state index contributed by atoms with van der Waals surface area (Å²) in [6.07, 6.45) is 2.91. The van der Waals surface area contributed by atoms with E-state index in [4.69, 9.17) is 11.6 Å². The maximum Gasteiger partial charge on any atom is 0.253 e. The third-order valence-electron chi connectivity index (χ3n) is 5.37. The molecule has 150 valence electrons. The molecular weight excluding hydrogens is 416 g/mol. The fraction of sp³-hybridized carbons (Fsp3) is 0.217. The first-order valence-electron chi connectivity index (χ1n) is 9.78. The van der Waals surface area contributed by atoms with Gasteiger partial charge in [-0.3, -0.25) is 4.79 Å². The molecule has 0 bridgehead atoms. The molecule has 0 radical (unpaired) electrons. The van der Waals surface area contributed by atoms with Crippen LogP contribution in [0.4, 0.5) is 0 Å². The summed E-state index contributed by atoms with van der Waals surface area (Å²) in [6, 6.07) is 16.1. The quantitative estimate of drug-likeness (QED) is 0.408. The van der Waals surface area contributed by atoms with Crippen LogP contribution in [0.5, 0.6) is 0 Å². The summed E-state index contributed by atoms with van der Waals surface area (Å²) in [4.78, 5) is 22.0. The summed E-state index contributed by atoms with van der Waals surface area (Å²) in [6.45, 7) is 2.08. The van der Waals surface area contributed by atoms with Gasteiger partial charge in [0.05, 0.1) is 11.3 Å². The minimum Gasteiger partial charge on any atom is -0.294 e. The molecule has 0 N–H and O–H groups in total. The number of aryl methyl sites for hydroxylation is 1. The molecule has 2 aromatic heterocycles. The molecule has 0 aliphatic heterocycles. The van der Waals surface area contributed by atoms with Crippen molar-refractivity contribution < 1.29 is 4.79 Å². The molecule has 7 heteroatoms. The van der Waals surface area contributed by atoms with Gasteiger partial charge in [0, 0.05) is 23.4 Å². The Morgan fingerprint density at radius 2 is 1.97 bits per heavy atom. The number of carbonyl (C=O) groups excluding carboxylic acids is 1. The summed E-state index contributed by atoms with van der Waals surface area (Å²) in [5.74, 6) is 1.48. The van der Waals surface area contributed by atoms with Gasteiger partial charge in [-0.15, -0.1) is 5.10 Å². The number of hydrogen-bond acceptors (Lipinski definition) is 5. The molecule has 1 aliphatic carbocycles. The highest BCUT2D eigenvalue weighted by Crippen LogP contribution is 2.33. The highest BCUT2D eigenvalue weighted by Gasteiger charge is 2.28. The Kier molecular flexibility index (Phi) is 5.05. The number of carbonyl (C=O) groups is 1. The summed E-state index contributed by atoms with van der Waals surface area (Å²) in [5.41, 5.74) is 4.95. The third-order valence-corrected chi connectivity index (χ3v) is 6.52. The van der Waals surface area contributed by atoms with Crippen molar-refractivity contribution in [3.05, 3.63) is 87.7 Å². The number of ketones is 1. The maximum absolute atomic E-state index is 12.8. The molecule has 0 saturated carbocycles. The van der Waals surface area contributed by atoms with Crippen molar-refractivity contribution in [2.75, 3.05) is 0 Å². The lowest BCUT2D eigenvalue weighted by Crippen LogP contribution is -2.21. The second-order valence-corrected chi connectivity index (χ2v) is 8.98. The lowest BCUT2D eigenvalue weighted by molar-refractivity contribution is 0.0962. The van der Waals surface area contributed by atoms with Crippen LogP contribution in [-0.4, -0.2) is 25.4 Å². The van der Waals surface area contributed by atoms with E-state index in [1.165, 1.54) is 11.1 Å². The Balaban J connectivity index is 1.40. The van der Waals surface area contributed by atoms with Gasteiger partial charge in [0.15, 0.2) is 5.78 Å². The third kappa shape index (κ3) is 3.85. The number of nitrogens with zero attached hydrogens (tertiary/aromatic N) is 4. The van der Waals surface area contributed by atoms with Gasteiger partial charge in [0.2, 0.25) is 5.16 Å². The lowest BCUT2D eigenvalue weighted by Gasteiger charge is -2.23. The lowest BCUT2D eigenvalue weighted by atomic mass is 9.82. The minimum absolute atomic E-state index is 0.0805. The smallest absolute Gasteiger partial charge is 0.253 e. The van der Waals surface area contributed by atoms with Crippen LogP contribution in [0.1, 0.15) is 45.1 Å². The van der Waals surface area contributed by atoms with E-state index in [1.54, 1.807) is 22.5 Å². The Morgan fingerprint density at radius 3 is 2.77 bits per heavy atom. The largest absolute Gasteiger partial charge is 0.294 e. The maximum atomic E-state index is 12.8. The van der Waals surface area contributed by atoms with Gasteiger partial charge in [-0.05, 0) is 42.5 Å². The van der Waals surface area contributed by atoms with Gasteiger partial charge < -0.3 is 0 Å². The van der Waals surface area contributed by atoms with Crippen LogP contribution >= 0.6 is 23.4 Å². The van der Waals surface area contributed by atoms with Gasteiger partial charge in [-0.1, -0.05) is 65.3 Å². The highest BCUT2D eigenvalue weighted by atomic mass is 35.5. The molecule has 0 fully saturated rings. The number of fused-ring (bicyclic) bond motifs is 2. The fourth-order valence-corrected chi connectivity index (χ4v) is 4.73. The molecule has 30 heavy (non-hydrogen) atoms. The molecule has 4 aromatic rings. The zero-order valence-corrected chi connectivity index (χ0v) is 18.0. The summed E-state index contributed by atoms with van der Waals surface area (Å²) < 4.78 is 1.62. The molecule has 0 spiro atoms. The van der Waals surface area contributed by atoms with E-state index in [9.17, 15) is 4.79 Å². The van der Waals surface area contributed by atoms with Gasteiger partial charge in [-0.2, -0.15) is 4.98 Å². The van der Waals surface area contributed by atoms with E-state index in [1.807, 2.05) is 24.3 Å². The van der Waals surface area contributed by atoms with E-state index < -0.39 is 0 Å². The monoisotopic (exact) mass is 434 g/mol. The van der Waals surface area contributed by atoms with Crippen molar-refractivity contribution in [2.45, 2.75) is 36.6 Å². The van der Waals surface area contributed by atoms with E-state index >= 15 is 0 Å². The minimum atomic E-state index is 0.0805. The van der Waals surface area contributed by atoms with Gasteiger partial charge in [0.25, 0.3) is 5.78 Å². The number of halogens is 1. The molecule has 1 atom stereocenters. The summed E-state index contributed by atoms with van der Waals surface area (Å²) in [5, 5.41) is 5.85. The standard InChI is InChI=1S/C23H19ClN4OS/c1-14-5-7-15(8-6-14)13-30-23-26-22-25-20-10-17(16-3-2-4-18(24)9-16)11-21(29)19(20)12-28(22)27-23/h2-9,12,17H,10-11,13H2,1H3. The SMILES string of the molecule is Cc1ccc(CSc2nc3nc4c(cn3n2)C(=O)CC(c2cccc(Cl)c2)C4)cc1. The molecule has 5 rings (SSSR count).